The van der Waals surface area contributed by atoms with Crippen LogP contribution in [0.5, 0.6) is 0 Å². The highest BCUT2D eigenvalue weighted by Gasteiger charge is 2.16. The van der Waals surface area contributed by atoms with Gasteiger partial charge in [-0.05, 0) is 112 Å². The Morgan fingerprint density at radius 1 is 0.500 bits per heavy atom. The van der Waals surface area contributed by atoms with Crippen LogP contribution in [0.15, 0.2) is 181 Å². The quantitative estimate of drug-likeness (QED) is 0.197. The van der Waals surface area contributed by atoms with Gasteiger partial charge in [0, 0.05) is 27.8 Å². The molecule has 0 unspecified atom stereocenters. The number of benzene rings is 6. The fourth-order valence-electron chi connectivity index (χ4n) is 7.59. The van der Waals surface area contributed by atoms with Crippen LogP contribution < -0.4 is 5.32 Å². The van der Waals surface area contributed by atoms with E-state index in [-0.39, 0.29) is 0 Å². The summed E-state index contributed by atoms with van der Waals surface area (Å²) in [6.07, 6.45) is 15.7. The number of rotatable bonds is 6. The number of hydrogen-bond donors (Lipinski definition) is 1. The molecule has 2 aliphatic rings. The van der Waals surface area contributed by atoms with Crippen LogP contribution in [0.3, 0.4) is 0 Å². The van der Waals surface area contributed by atoms with Crippen LogP contribution in [-0.2, 0) is 0 Å². The van der Waals surface area contributed by atoms with E-state index >= 15 is 0 Å². The molecule has 0 aliphatic heterocycles. The Labute approximate surface area is 281 Å². The number of fused-ring (bicyclic) bond motifs is 5. The van der Waals surface area contributed by atoms with Gasteiger partial charge in [-0.3, -0.25) is 0 Å². The first-order valence-electron chi connectivity index (χ1n) is 17.0. The summed E-state index contributed by atoms with van der Waals surface area (Å²) < 4.78 is 2.40. The predicted octanol–water partition coefficient (Wildman–Crippen LogP) is 12.6. The van der Waals surface area contributed by atoms with Gasteiger partial charge in [-0.25, -0.2) is 0 Å². The van der Waals surface area contributed by atoms with Crippen molar-refractivity contribution in [2.45, 2.75) is 25.7 Å². The minimum Gasteiger partial charge on any atom is -0.359 e. The number of nitrogens with zero attached hydrogens (tertiary/aromatic N) is 1. The van der Waals surface area contributed by atoms with Gasteiger partial charge in [0.05, 0.1) is 11.0 Å². The molecule has 9 rings (SSSR count). The lowest BCUT2D eigenvalue weighted by Gasteiger charge is -2.19. The third-order valence-corrected chi connectivity index (χ3v) is 10.0. The molecule has 0 spiro atoms. The molecule has 7 aromatic rings. The van der Waals surface area contributed by atoms with Crippen molar-refractivity contribution < 1.29 is 0 Å². The summed E-state index contributed by atoms with van der Waals surface area (Å²) in [5.74, 6) is 0. The molecule has 0 saturated carbocycles. The lowest BCUT2D eigenvalue weighted by atomic mass is 9.90. The molecule has 2 nitrogen and oxygen atoms in total. The van der Waals surface area contributed by atoms with E-state index in [1.54, 1.807) is 0 Å². The third-order valence-electron chi connectivity index (χ3n) is 10.0. The highest BCUT2D eigenvalue weighted by molar-refractivity contribution is 6.21. The predicted molar refractivity (Wildman–Crippen MR) is 205 cm³/mol. The molecule has 6 aromatic carbocycles. The zero-order valence-electron chi connectivity index (χ0n) is 26.9. The fraction of sp³-hybridized carbons (Fsp3) is 0.0870. The zero-order valence-corrected chi connectivity index (χ0v) is 26.9. The van der Waals surface area contributed by atoms with Gasteiger partial charge in [-0.15, -0.1) is 0 Å². The summed E-state index contributed by atoms with van der Waals surface area (Å²) in [6.45, 7) is 0. The van der Waals surface area contributed by atoms with Crippen LogP contribution >= 0.6 is 0 Å². The van der Waals surface area contributed by atoms with E-state index in [0.717, 1.165) is 31.4 Å². The molecular formula is C46H36N2. The number of anilines is 1. The molecule has 0 atom stereocenters. The van der Waals surface area contributed by atoms with E-state index in [4.69, 9.17) is 0 Å². The number of nitrogens with one attached hydrogen (secondary N) is 1. The monoisotopic (exact) mass is 616 g/mol. The molecule has 0 fully saturated rings. The van der Waals surface area contributed by atoms with E-state index in [1.807, 2.05) is 0 Å². The van der Waals surface area contributed by atoms with Crippen LogP contribution in [0.2, 0.25) is 0 Å². The molecule has 230 valence electrons. The minimum absolute atomic E-state index is 1.04. The largest absolute Gasteiger partial charge is 0.359 e. The lowest BCUT2D eigenvalue weighted by Crippen LogP contribution is -2.05. The first-order valence-corrected chi connectivity index (χ1v) is 17.0. The van der Waals surface area contributed by atoms with Gasteiger partial charge >= 0.3 is 0 Å². The molecular weight excluding hydrogens is 581 g/mol. The molecule has 0 amide bonds. The zero-order chi connectivity index (χ0) is 31.9. The van der Waals surface area contributed by atoms with E-state index in [9.17, 15) is 0 Å². The van der Waals surface area contributed by atoms with Crippen LogP contribution in [0.25, 0.3) is 60.5 Å². The van der Waals surface area contributed by atoms with Crippen LogP contribution in [0.4, 0.5) is 5.69 Å². The number of aromatic nitrogens is 1. The topological polar surface area (TPSA) is 17.0 Å². The molecule has 1 heterocycles. The van der Waals surface area contributed by atoms with Gasteiger partial charge in [-0.2, -0.15) is 0 Å². The van der Waals surface area contributed by atoms with Gasteiger partial charge in [0.2, 0.25) is 0 Å². The first-order chi connectivity index (χ1) is 23.8. The molecule has 0 radical (unpaired) electrons. The Morgan fingerprint density at radius 3 is 1.92 bits per heavy atom. The van der Waals surface area contributed by atoms with Gasteiger partial charge in [0.25, 0.3) is 0 Å². The fourth-order valence-corrected chi connectivity index (χ4v) is 7.59. The van der Waals surface area contributed by atoms with Crippen molar-refractivity contribution in [1.29, 1.82) is 0 Å². The Hall–Kier alpha value is -5.86. The maximum Gasteiger partial charge on any atom is 0.0547 e. The van der Waals surface area contributed by atoms with Crippen molar-refractivity contribution >= 4 is 38.3 Å². The highest BCUT2D eigenvalue weighted by atomic mass is 15.0. The third kappa shape index (κ3) is 5.07. The Bertz CT molecular complexity index is 2450. The van der Waals surface area contributed by atoms with E-state index < -0.39 is 0 Å². The van der Waals surface area contributed by atoms with Crippen LogP contribution in [0.1, 0.15) is 25.7 Å². The molecule has 1 aromatic heterocycles. The summed E-state index contributed by atoms with van der Waals surface area (Å²) in [5.41, 5.74) is 13.9. The molecule has 48 heavy (non-hydrogen) atoms. The second kappa shape index (κ2) is 12.1. The summed E-state index contributed by atoms with van der Waals surface area (Å²) >= 11 is 0. The average molecular weight is 617 g/mol. The van der Waals surface area contributed by atoms with Crippen LogP contribution in [-0.4, -0.2) is 4.57 Å². The molecule has 2 aliphatic carbocycles. The minimum atomic E-state index is 1.04. The summed E-state index contributed by atoms with van der Waals surface area (Å²) in [5, 5.41) is 8.83. The smallest absolute Gasteiger partial charge is 0.0547 e. The second-order valence-electron chi connectivity index (χ2n) is 12.9. The van der Waals surface area contributed by atoms with Crippen molar-refractivity contribution in [3.05, 3.63) is 181 Å². The van der Waals surface area contributed by atoms with Gasteiger partial charge in [-0.1, -0.05) is 121 Å². The van der Waals surface area contributed by atoms with Crippen molar-refractivity contribution in [1.82, 2.24) is 4.57 Å². The SMILES string of the molecule is C1=CCCC(C2=CC=C(Nc3ccc(-c4ccccc4-c4ccc(-n5c6ccccc6c6c7ccccc7ccc65)cc4)cc3)CC2)=C1. The number of hydrogen-bond acceptors (Lipinski definition) is 1. The highest BCUT2D eigenvalue weighted by Crippen LogP contribution is 2.38. The number of para-hydroxylation sites is 1. The molecule has 2 heteroatoms. The van der Waals surface area contributed by atoms with Crippen LogP contribution in [0, 0.1) is 0 Å². The standard InChI is InChI=1S/C46H36N2/c1-2-10-32(11-3-1)33-18-25-37(26-19-33)47-38-27-20-35(21-28-38)40-13-6-7-14-41(40)36-22-29-39(30-23-36)48-44-17-9-8-16-43(44)46-42-15-5-4-12-34(42)24-31-45(46)48/h1-2,4-10,12-18,20-25,27-31,47H,3,11,19,26H2. The Balaban J connectivity index is 1.01. The molecule has 0 bridgehead atoms. The maximum absolute atomic E-state index is 3.66. The maximum atomic E-state index is 3.66. The summed E-state index contributed by atoms with van der Waals surface area (Å²) in [6, 6.07) is 48.7. The Morgan fingerprint density at radius 2 is 1.19 bits per heavy atom. The van der Waals surface area contributed by atoms with Gasteiger partial charge < -0.3 is 9.88 Å². The molecule has 1 N–H and O–H groups in total. The van der Waals surface area contributed by atoms with Crippen molar-refractivity contribution in [2.75, 3.05) is 5.32 Å². The van der Waals surface area contributed by atoms with Crippen molar-refractivity contribution in [3.63, 3.8) is 0 Å². The van der Waals surface area contributed by atoms with Gasteiger partial charge in [0.15, 0.2) is 0 Å². The van der Waals surface area contributed by atoms with E-state index in [2.05, 4.69) is 174 Å². The van der Waals surface area contributed by atoms with Gasteiger partial charge in [0.1, 0.15) is 0 Å². The lowest BCUT2D eigenvalue weighted by molar-refractivity contribution is 0.872. The van der Waals surface area contributed by atoms with E-state index in [0.29, 0.717) is 0 Å². The second-order valence-corrected chi connectivity index (χ2v) is 12.9. The summed E-state index contributed by atoms with van der Waals surface area (Å²) in [7, 11) is 0. The Kier molecular flexibility index (Phi) is 7.13. The molecule has 0 saturated heterocycles. The average Bonchev–Trinajstić information content (AvgIpc) is 3.51. The number of allylic oxidation sites excluding steroid dienone is 8. The summed E-state index contributed by atoms with van der Waals surface area (Å²) in [4.78, 5) is 0. The van der Waals surface area contributed by atoms with Crippen molar-refractivity contribution in [3.8, 4) is 27.9 Å². The normalized spacial score (nSPS) is 14.6. The van der Waals surface area contributed by atoms with Crippen molar-refractivity contribution in [2.24, 2.45) is 0 Å². The first kappa shape index (κ1) is 28.4. The van der Waals surface area contributed by atoms with E-state index in [1.165, 1.54) is 77.4 Å².